The van der Waals surface area contributed by atoms with E-state index in [1.165, 1.54) is 12.1 Å². The first-order valence-electron chi connectivity index (χ1n) is 3.34. The Morgan fingerprint density at radius 3 is 2.31 bits per heavy atom. The first kappa shape index (κ1) is 10.4. The number of carbonyl (C=O) groups is 1. The van der Waals surface area contributed by atoms with Crippen molar-refractivity contribution < 1.29 is 18.3 Å². The van der Waals surface area contributed by atoms with Gasteiger partial charge in [-0.25, -0.2) is 4.79 Å². The second kappa shape index (κ2) is 4.50. The minimum Gasteiger partial charge on any atom is -0.399 e. The molecule has 0 amide bonds. The van der Waals surface area contributed by atoms with Crippen molar-refractivity contribution in [1.82, 2.24) is 0 Å². The predicted molar refractivity (Wildman–Crippen MR) is 50.6 cm³/mol. The van der Waals surface area contributed by atoms with Gasteiger partial charge in [0.15, 0.2) is 0 Å². The lowest BCUT2D eigenvalue weighted by molar-refractivity contribution is -0.0906. The summed E-state index contributed by atoms with van der Waals surface area (Å²) in [5.74, 6) is -1.01. The summed E-state index contributed by atoms with van der Waals surface area (Å²) in [5, 5.41) is 0. The molecule has 0 fully saturated rings. The number of ether oxygens (including phenoxy) is 1. The molecule has 0 bridgehead atoms. The van der Waals surface area contributed by atoms with E-state index in [2.05, 4.69) is 4.74 Å². The lowest BCUT2D eigenvalue weighted by atomic mass is 10.2. The van der Waals surface area contributed by atoms with E-state index >= 15 is 0 Å². The van der Waals surface area contributed by atoms with E-state index in [1.807, 2.05) is 22.6 Å². The number of hydrogen-bond acceptors (Lipinski definition) is 2. The second-order valence-electron chi connectivity index (χ2n) is 2.17. The summed E-state index contributed by atoms with van der Waals surface area (Å²) in [4.78, 5) is 10.9. The highest BCUT2D eigenvalue weighted by Crippen LogP contribution is 2.09. The van der Waals surface area contributed by atoms with Crippen molar-refractivity contribution in [2.24, 2.45) is 0 Å². The number of carbonyl (C=O) groups excluding carboxylic acids is 1. The van der Waals surface area contributed by atoms with Crippen molar-refractivity contribution in [2.45, 2.75) is 6.61 Å². The molecule has 0 aliphatic rings. The zero-order chi connectivity index (χ0) is 9.84. The largest absolute Gasteiger partial charge is 0.399 e. The van der Waals surface area contributed by atoms with E-state index in [9.17, 15) is 13.6 Å². The minimum absolute atomic E-state index is 0.126. The molecule has 70 valence electrons. The molecule has 1 aromatic rings. The summed E-state index contributed by atoms with van der Waals surface area (Å²) in [6.45, 7) is -3.06. The Kier molecular flexibility index (Phi) is 3.58. The van der Waals surface area contributed by atoms with Gasteiger partial charge in [0.25, 0.3) is 0 Å². The Morgan fingerprint density at radius 1 is 1.31 bits per heavy atom. The van der Waals surface area contributed by atoms with Crippen LogP contribution in [0.3, 0.4) is 0 Å². The highest BCUT2D eigenvalue weighted by molar-refractivity contribution is 14.1. The van der Waals surface area contributed by atoms with Crippen LogP contribution in [0.2, 0.25) is 0 Å². The molecule has 2 nitrogen and oxygen atoms in total. The topological polar surface area (TPSA) is 26.3 Å². The summed E-state index contributed by atoms with van der Waals surface area (Å²) in [5.41, 5.74) is 0.126. The van der Waals surface area contributed by atoms with Gasteiger partial charge in [0.2, 0.25) is 0 Å². The summed E-state index contributed by atoms with van der Waals surface area (Å²) >= 11 is 2.05. The first-order valence-corrected chi connectivity index (χ1v) is 4.42. The second-order valence-corrected chi connectivity index (χ2v) is 3.42. The zero-order valence-electron chi connectivity index (χ0n) is 6.34. The molecule has 0 aliphatic carbocycles. The first-order chi connectivity index (χ1) is 6.09. The Morgan fingerprint density at radius 2 is 1.85 bits per heavy atom. The van der Waals surface area contributed by atoms with E-state index in [4.69, 9.17) is 0 Å². The van der Waals surface area contributed by atoms with Gasteiger partial charge in [-0.05, 0) is 46.9 Å². The number of alkyl halides is 2. The van der Waals surface area contributed by atoms with Gasteiger partial charge < -0.3 is 4.74 Å². The van der Waals surface area contributed by atoms with Crippen molar-refractivity contribution in [2.75, 3.05) is 0 Å². The standard InChI is InChI=1S/C8H5F2IO2/c9-8(10)13-7(12)5-1-3-6(11)4-2-5/h1-4,8H. The molecule has 1 aromatic carbocycles. The predicted octanol–water partition coefficient (Wildman–Crippen LogP) is 2.67. The Hall–Kier alpha value is -0.720. The molecule has 0 aromatic heterocycles. The molecular formula is C8H5F2IO2. The molecule has 5 heteroatoms. The summed E-state index contributed by atoms with van der Waals surface area (Å²) < 4.78 is 27.8. The maximum Gasteiger partial charge on any atom is 0.389 e. The Balaban J connectivity index is 2.72. The normalized spacial score (nSPS) is 10.2. The van der Waals surface area contributed by atoms with Crippen LogP contribution in [-0.4, -0.2) is 12.6 Å². The smallest absolute Gasteiger partial charge is 0.389 e. The van der Waals surface area contributed by atoms with Gasteiger partial charge in [-0.2, -0.15) is 8.78 Å². The number of esters is 1. The zero-order valence-corrected chi connectivity index (χ0v) is 8.49. The monoisotopic (exact) mass is 298 g/mol. The fraction of sp³-hybridized carbons (Fsp3) is 0.125. The van der Waals surface area contributed by atoms with Gasteiger partial charge >= 0.3 is 12.6 Å². The molecule has 0 heterocycles. The van der Waals surface area contributed by atoms with Crippen molar-refractivity contribution in [1.29, 1.82) is 0 Å². The molecule has 0 atom stereocenters. The summed E-state index contributed by atoms with van der Waals surface area (Å²) in [6, 6.07) is 6.16. The lowest BCUT2D eigenvalue weighted by Crippen LogP contribution is -2.09. The average Bonchev–Trinajstić information content (AvgIpc) is 2.04. The van der Waals surface area contributed by atoms with Gasteiger partial charge in [-0.3, -0.25) is 0 Å². The van der Waals surface area contributed by atoms with Gasteiger partial charge in [-0.15, -0.1) is 0 Å². The highest BCUT2D eigenvalue weighted by Gasteiger charge is 2.12. The van der Waals surface area contributed by atoms with Gasteiger partial charge in [0.05, 0.1) is 5.56 Å². The van der Waals surface area contributed by atoms with Crippen LogP contribution >= 0.6 is 22.6 Å². The fourth-order valence-electron chi connectivity index (χ4n) is 0.735. The average molecular weight is 298 g/mol. The van der Waals surface area contributed by atoms with E-state index in [1.54, 1.807) is 12.1 Å². The lowest BCUT2D eigenvalue weighted by Gasteiger charge is -2.01. The molecule has 0 saturated carbocycles. The van der Waals surface area contributed by atoms with Crippen LogP contribution < -0.4 is 0 Å². The molecule has 0 unspecified atom stereocenters. The molecule has 0 aliphatic heterocycles. The van der Waals surface area contributed by atoms with Crippen molar-refractivity contribution >= 4 is 28.6 Å². The third-order valence-electron chi connectivity index (χ3n) is 1.28. The van der Waals surface area contributed by atoms with Gasteiger partial charge in [0, 0.05) is 3.57 Å². The van der Waals surface area contributed by atoms with Crippen LogP contribution in [0.1, 0.15) is 10.4 Å². The molecule has 13 heavy (non-hydrogen) atoms. The van der Waals surface area contributed by atoms with E-state index in [-0.39, 0.29) is 5.56 Å². The number of rotatable bonds is 2. The van der Waals surface area contributed by atoms with Gasteiger partial charge in [0.1, 0.15) is 0 Å². The Bertz CT molecular complexity index is 298. The summed E-state index contributed by atoms with van der Waals surface area (Å²) in [7, 11) is 0. The molecule has 0 radical (unpaired) electrons. The number of benzene rings is 1. The molecule has 1 rings (SSSR count). The van der Waals surface area contributed by atoms with Crippen LogP contribution in [0.15, 0.2) is 24.3 Å². The minimum atomic E-state index is -3.06. The molecule has 0 spiro atoms. The van der Waals surface area contributed by atoms with Crippen molar-refractivity contribution in [3.8, 4) is 0 Å². The summed E-state index contributed by atoms with van der Waals surface area (Å²) in [6.07, 6.45) is 0. The van der Waals surface area contributed by atoms with Crippen LogP contribution in [0, 0.1) is 3.57 Å². The van der Waals surface area contributed by atoms with E-state index in [0.717, 1.165) is 3.57 Å². The quantitative estimate of drug-likeness (QED) is 0.620. The van der Waals surface area contributed by atoms with Crippen LogP contribution in [0.5, 0.6) is 0 Å². The number of hydrogen-bond donors (Lipinski definition) is 0. The van der Waals surface area contributed by atoms with Crippen LogP contribution in [-0.2, 0) is 4.74 Å². The maximum absolute atomic E-state index is 11.6. The Labute approximate surface area is 87.0 Å². The van der Waals surface area contributed by atoms with Gasteiger partial charge in [-0.1, -0.05) is 0 Å². The number of halogens is 3. The van der Waals surface area contributed by atoms with Crippen molar-refractivity contribution in [3.63, 3.8) is 0 Å². The van der Waals surface area contributed by atoms with E-state index < -0.39 is 12.6 Å². The van der Waals surface area contributed by atoms with Crippen LogP contribution in [0.4, 0.5) is 8.78 Å². The molecular weight excluding hydrogens is 293 g/mol. The third-order valence-corrected chi connectivity index (χ3v) is 2.00. The van der Waals surface area contributed by atoms with Crippen LogP contribution in [0.25, 0.3) is 0 Å². The molecule has 0 N–H and O–H groups in total. The maximum atomic E-state index is 11.6. The molecule has 0 saturated heterocycles. The highest BCUT2D eigenvalue weighted by atomic mass is 127. The van der Waals surface area contributed by atoms with E-state index in [0.29, 0.717) is 0 Å². The van der Waals surface area contributed by atoms with Crippen molar-refractivity contribution in [3.05, 3.63) is 33.4 Å². The third kappa shape index (κ3) is 3.25. The SMILES string of the molecule is O=C(OC(F)F)c1ccc(I)cc1. The fourth-order valence-corrected chi connectivity index (χ4v) is 1.09.